The van der Waals surface area contributed by atoms with Gasteiger partial charge in [-0.25, -0.2) is 9.50 Å². The number of nitrogens with one attached hydrogen (secondary N) is 1. The fraction of sp³-hybridized carbons (Fsp3) is 0.320. The molecule has 4 rings (SSSR count). The van der Waals surface area contributed by atoms with Gasteiger partial charge in [0, 0.05) is 40.4 Å². The third-order valence-electron chi connectivity index (χ3n) is 5.76. The Kier molecular flexibility index (Phi) is 6.65. The van der Waals surface area contributed by atoms with E-state index in [1.54, 1.807) is 25.6 Å². The minimum Gasteiger partial charge on any atom is -0.497 e. The average molecular weight is 465 g/mol. The van der Waals surface area contributed by atoms with E-state index in [-0.39, 0.29) is 11.9 Å². The van der Waals surface area contributed by atoms with Crippen LogP contribution >= 0.6 is 11.3 Å². The number of ether oxygens (including phenoxy) is 2. The normalized spacial score (nSPS) is 12.0. The Hall–Kier alpha value is -3.39. The number of hydrogen-bond donors (Lipinski definition) is 1. The van der Waals surface area contributed by atoms with Crippen LogP contribution in [0, 0.1) is 13.8 Å². The van der Waals surface area contributed by atoms with Crippen LogP contribution in [0.5, 0.6) is 11.5 Å². The molecular formula is C25H28N4O3S. The highest BCUT2D eigenvalue weighted by Crippen LogP contribution is 2.30. The lowest BCUT2D eigenvalue weighted by Crippen LogP contribution is -2.26. The van der Waals surface area contributed by atoms with Crippen molar-refractivity contribution in [3.63, 3.8) is 0 Å². The summed E-state index contributed by atoms with van der Waals surface area (Å²) in [7, 11) is 3.25. The van der Waals surface area contributed by atoms with Crippen LogP contribution in [0.15, 0.2) is 41.8 Å². The van der Waals surface area contributed by atoms with Crippen LogP contribution in [-0.4, -0.2) is 34.7 Å². The van der Waals surface area contributed by atoms with E-state index in [1.807, 2.05) is 67.1 Å². The zero-order valence-corrected chi connectivity index (χ0v) is 20.3. The lowest BCUT2D eigenvalue weighted by atomic mass is 10.1. The highest BCUT2D eigenvalue weighted by atomic mass is 32.1. The molecule has 3 heterocycles. The number of rotatable bonds is 8. The Bertz CT molecular complexity index is 1260. The summed E-state index contributed by atoms with van der Waals surface area (Å²) in [4.78, 5) is 18.5. The molecule has 0 aliphatic carbocycles. The predicted molar refractivity (Wildman–Crippen MR) is 130 cm³/mol. The Morgan fingerprint density at radius 3 is 2.52 bits per heavy atom. The summed E-state index contributed by atoms with van der Waals surface area (Å²) in [5, 5.41) is 9.89. The summed E-state index contributed by atoms with van der Waals surface area (Å²) >= 11 is 1.65. The first kappa shape index (κ1) is 22.8. The molecule has 0 spiro atoms. The molecule has 0 saturated heterocycles. The van der Waals surface area contributed by atoms with Gasteiger partial charge >= 0.3 is 0 Å². The third-order valence-corrected chi connectivity index (χ3v) is 6.82. The first-order valence-corrected chi connectivity index (χ1v) is 11.7. The first-order chi connectivity index (χ1) is 15.9. The number of aromatic nitrogens is 3. The minimum absolute atomic E-state index is 0.00817. The standard InChI is InChI=1S/C25H28N4O3S/c1-15-21(8-9-25(30)27-16(2)23-7-6-10-33-23)17(3)29-24(26-15)14-22(28-29)18-11-19(31-4)13-20(12-18)32-5/h6-7,10-14,16H,8-9H2,1-5H3,(H,27,30)/t16-/m0/s1. The van der Waals surface area contributed by atoms with Gasteiger partial charge in [-0.1, -0.05) is 6.07 Å². The molecule has 7 nitrogen and oxygen atoms in total. The van der Waals surface area contributed by atoms with E-state index in [0.717, 1.165) is 38.7 Å². The molecule has 0 aliphatic heterocycles. The second-order valence-corrected chi connectivity index (χ2v) is 8.95. The van der Waals surface area contributed by atoms with E-state index in [4.69, 9.17) is 19.6 Å². The number of hydrogen-bond acceptors (Lipinski definition) is 6. The van der Waals surface area contributed by atoms with E-state index in [9.17, 15) is 4.79 Å². The number of fused-ring (bicyclic) bond motifs is 1. The van der Waals surface area contributed by atoms with Crippen molar-refractivity contribution in [1.82, 2.24) is 19.9 Å². The third kappa shape index (κ3) is 4.85. The summed E-state index contributed by atoms with van der Waals surface area (Å²) in [6.07, 6.45) is 0.998. The van der Waals surface area contributed by atoms with Crippen molar-refractivity contribution in [2.75, 3.05) is 14.2 Å². The summed E-state index contributed by atoms with van der Waals surface area (Å²) in [5.74, 6) is 1.43. The molecule has 1 N–H and O–H groups in total. The van der Waals surface area contributed by atoms with E-state index >= 15 is 0 Å². The van der Waals surface area contributed by atoms with Crippen molar-refractivity contribution in [2.24, 2.45) is 0 Å². The molecule has 1 amide bonds. The zero-order chi connectivity index (χ0) is 23.5. The van der Waals surface area contributed by atoms with Crippen molar-refractivity contribution in [3.05, 3.63) is 63.6 Å². The van der Waals surface area contributed by atoms with E-state index < -0.39 is 0 Å². The average Bonchev–Trinajstić information content (AvgIpc) is 3.49. The van der Waals surface area contributed by atoms with Gasteiger partial charge in [-0.05, 0) is 56.3 Å². The molecule has 172 valence electrons. The lowest BCUT2D eigenvalue weighted by Gasteiger charge is -2.14. The largest absolute Gasteiger partial charge is 0.497 e. The molecule has 0 aliphatic rings. The van der Waals surface area contributed by atoms with E-state index in [2.05, 4.69) is 5.32 Å². The number of nitrogens with zero attached hydrogens (tertiary/aromatic N) is 3. The van der Waals surface area contributed by atoms with Gasteiger partial charge < -0.3 is 14.8 Å². The van der Waals surface area contributed by atoms with Crippen molar-refractivity contribution in [3.8, 4) is 22.8 Å². The number of aryl methyl sites for hydroxylation is 2. The molecule has 4 aromatic rings. The number of methoxy groups -OCH3 is 2. The van der Waals surface area contributed by atoms with E-state index in [0.29, 0.717) is 24.3 Å². The predicted octanol–water partition coefficient (Wildman–Crippen LogP) is 4.90. The Balaban J connectivity index is 1.56. The fourth-order valence-electron chi connectivity index (χ4n) is 3.95. The number of thiophene rings is 1. The monoisotopic (exact) mass is 464 g/mol. The number of carbonyl (C=O) groups excluding carboxylic acids is 1. The van der Waals surface area contributed by atoms with Gasteiger partial charge in [0.05, 0.1) is 26.0 Å². The smallest absolute Gasteiger partial charge is 0.220 e. The first-order valence-electron chi connectivity index (χ1n) is 10.8. The van der Waals surface area contributed by atoms with Crippen LogP contribution in [0.2, 0.25) is 0 Å². The van der Waals surface area contributed by atoms with Crippen molar-refractivity contribution in [2.45, 2.75) is 39.7 Å². The summed E-state index contributed by atoms with van der Waals surface area (Å²) in [6, 6.07) is 11.7. The molecule has 33 heavy (non-hydrogen) atoms. The van der Waals surface area contributed by atoms with Crippen molar-refractivity contribution in [1.29, 1.82) is 0 Å². The van der Waals surface area contributed by atoms with E-state index in [1.165, 1.54) is 0 Å². The Morgan fingerprint density at radius 2 is 1.88 bits per heavy atom. The van der Waals surface area contributed by atoms with Gasteiger partial charge in [-0.2, -0.15) is 5.10 Å². The van der Waals surface area contributed by atoms with Crippen molar-refractivity contribution >= 4 is 22.9 Å². The highest BCUT2D eigenvalue weighted by molar-refractivity contribution is 7.10. The molecule has 1 atom stereocenters. The number of carbonyl (C=O) groups is 1. The maximum atomic E-state index is 12.5. The highest BCUT2D eigenvalue weighted by Gasteiger charge is 2.16. The van der Waals surface area contributed by atoms with Crippen LogP contribution < -0.4 is 14.8 Å². The molecule has 0 radical (unpaired) electrons. The summed E-state index contributed by atoms with van der Waals surface area (Å²) < 4.78 is 12.6. The Labute approximate surface area is 197 Å². The maximum Gasteiger partial charge on any atom is 0.220 e. The quantitative estimate of drug-likeness (QED) is 0.401. The Morgan fingerprint density at radius 1 is 1.15 bits per heavy atom. The van der Waals surface area contributed by atoms with Gasteiger partial charge in [0.25, 0.3) is 0 Å². The van der Waals surface area contributed by atoms with Crippen LogP contribution in [0.25, 0.3) is 16.9 Å². The maximum absolute atomic E-state index is 12.5. The minimum atomic E-state index is 0.00817. The molecule has 8 heteroatoms. The van der Waals surface area contributed by atoms with Gasteiger partial charge in [0.2, 0.25) is 5.91 Å². The summed E-state index contributed by atoms with van der Waals surface area (Å²) in [5.41, 5.74) is 5.37. The second-order valence-electron chi connectivity index (χ2n) is 7.97. The van der Waals surface area contributed by atoms with Gasteiger partial charge in [-0.3, -0.25) is 4.79 Å². The summed E-state index contributed by atoms with van der Waals surface area (Å²) in [6.45, 7) is 6.01. The van der Waals surface area contributed by atoms with Crippen LogP contribution in [0.3, 0.4) is 0 Å². The SMILES string of the molecule is COc1cc(OC)cc(-c2cc3nc(C)c(CCC(=O)N[C@@H](C)c4cccs4)c(C)n3n2)c1. The molecule has 1 aromatic carbocycles. The van der Waals surface area contributed by atoms with Gasteiger partial charge in [0.1, 0.15) is 11.5 Å². The lowest BCUT2D eigenvalue weighted by molar-refractivity contribution is -0.121. The molecule has 0 bridgehead atoms. The molecule has 0 unspecified atom stereocenters. The number of amides is 1. The topological polar surface area (TPSA) is 77.8 Å². The van der Waals surface area contributed by atoms with Crippen molar-refractivity contribution < 1.29 is 14.3 Å². The van der Waals surface area contributed by atoms with Crippen LogP contribution in [0.1, 0.15) is 41.2 Å². The van der Waals surface area contributed by atoms with Gasteiger partial charge in [-0.15, -0.1) is 11.3 Å². The van der Waals surface area contributed by atoms with Crippen LogP contribution in [-0.2, 0) is 11.2 Å². The number of benzene rings is 1. The second kappa shape index (κ2) is 9.62. The molecule has 3 aromatic heterocycles. The molecule has 0 fully saturated rings. The fourth-order valence-corrected chi connectivity index (χ4v) is 4.68. The van der Waals surface area contributed by atoms with Crippen LogP contribution in [0.4, 0.5) is 0 Å². The van der Waals surface area contributed by atoms with Gasteiger partial charge in [0.15, 0.2) is 5.65 Å². The zero-order valence-electron chi connectivity index (χ0n) is 19.5. The molecular weight excluding hydrogens is 436 g/mol. The molecule has 0 saturated carbocycles.